The number of rotatable bonds is 8. The third-order valence-corrected chi connectivity index (χ3v) is 6.15. The van der Waals surface area contributed by atoms with Crippen molar-refractivity contribution in [3.8, 4) is 0 Å². The summed E-state index contributed by atoms with van der Waals surface area (Å²) in [6, 6.07) is 8.59. The van der Waals surface area contributed by atoms with E-state index >= 15 is 0 Å². The van der Waals surface area contributed by atoms with Crippen LogP contribution in [0.3, 0.4) is 0 Å². The van der Waals surface area contributed by atoms with Gasteiger partial charge in [-0.15, -0.1) is 0 Å². The molecule has 3 rings (SSSR count). The van der Waals surface area contributed by atoms with Crippen LogP contribution >= 0.6 is 0 Å². The number of piperidine rings is 1. The number of carbonyl (C=O) groups is 2. The van der Waals surface area contributed by atoms with Gasteiger partial charge in [-0.3, -0.25) is 4.79 Å². The van der Waals surface area contributed by atoms with Crippen LogP contribution in [0.5, 0.6) is 0 Å². The molecule has 0 spiro atoms. The minimum atomic E-state index is -0.599. The van der Waals surface area contributed by atoms with Crippen LogP contribution in [-0.4, -0.2) is 54.5 Å². The van der Waals surface area contributed by atoms with Gasteiger partial charge in [-0.05, 0) is 69.6 Å². The van der Waals surface area contributed by atoms with E-state index in [0.29, 0.717) is 0 Å². The van der Waals surface area contributed by atoms with E-state index in [0.717, 1.165) is 37.4 Å². The van der Waals surface area contributed by atoms with Gasteiger partial charge >= 0.3 is 6.03 Å². The largest absolute Gasteiger partial charge is 0.352 e. The van der Waals surface area contributed by atoms with Gasteiger partial charge in [0, 0.05) is 13.1 Å². The Balaban J connectivity index is 1.42. The van der Waals surface area contributed by atoms with Gasteiger partial charge in [-0.25, -0.2) is 4.79 Å². The maximum absolute atomic E-state index is 12.8. The molecule has 0 radical (unpaired) electrons. The van der Waals surface area contributed by atoms with Gasteiger partial charge in [-0.2, -0.15) is 0 Å². The fourth-order valence-electron chi connectivity index (χ4n) is 4.49. The predicted octanol–water partition coefficient (Wildman–Crippen LogP) is 2.90. The van der Waals surface area contributed by atoms with Crippen LogP contribution in [0.1, 0.15) is 56.6 Å². The highest BCUT2D eigenvalue weighted by Gasteiger charge is 2.26. The zero-order valence-corrected chi connectivity index (χ0v) is 16.8. The Labute approximate surface area is 168 Å². The Bertz CT molecular complexity index is 623. The quantitative estimate of drug-likeness (QED) is 0.721. The van der Waals surface area contributed by atoms with Crippen LogP contribution in [0.4, 0.5) is 4.79 Å². The van der Waals surface area contributed by atoms with Gasteiger partial charge in [0.15, 0.2) is 0 Å². The van der Waals surface area contributed by atoms with E-state index < -0.39 is 6.03 Å². The first-order chi connectivity index (χ1) is 13.6. The Morgan fingerprint density at radius 3 is 2.39 bits per heavy atom. The smallest absolute Gasteiger partial charge is 0.312 e. The van der Waals surface area contributed by atoms with Crippen LogP contribution in [0.2, 0.25) is 0 Å². The molecule has 3 N–H and O–H groups in total. The van der Waals surface area contributed by atoms with Crippen LogP contribution in [0.15, 0.2) is 30.3 Å². The molecule has 0 saturated carbocycles. The maximum atomic E-state index is 12.8. The molecule has 28 heavy (non-hydrogen) atoms. The van der Waals surface area contributed by atoms with Crippen LogP contribution < -0.4 is 11.1 Å². The predicted molar refractivity (Wildman–Crippen MR) is 111 cm³/mol. The summed E-state index contributed by atoms with van der Waals surface area (Å²) in [4.78, 5) is 28.7. The number of hydrogen-bond donors (Lipinski definition) is 2. The summed E-state index contributed by atoms with van der Waals surface area (Å²) in [5.74, 6) is 0.832. The van der Waals surface area contributed by atoms with E-state index in [4.69, 9.17) is 5.73 Å². The second-order valence-electron chi connectivity index (χ2n) is 8.19. The van der Waals surface area contributed by atoms with Crippen LogP contribution in [-0.2, 0) is 4.79 Å². The lowest BCUT2D eigenvalue weighted by Gasteiger charge is -2.33. The maximum Gasteiger partial charge on any atom is 0.312 e. The molecular weight excluding hydrogens is 352 g/mol. The number of hydrogen-bond acceptors (Lipinski definition) is 3. The molecule has 0 aliphatic carbocycles. The standard InChI is InChI=1S/C22H34N4O2/c23-22(28)24-20(19-8-2-1-3-9-19)17-21(27)26-15-10-18(11-16-26)7-6-14-25-12-4-5-13-25/h1-3,8-9,18,20H,4-7,10-17H2,(H3,23,24,28). The number of nitrogens with one attached hydrogen (secondary N) is 1. The van der Waals surface area contributed by atoms with E-state index in [2.05, 4.69) is 10.2 Å². The molecule has 2 aliphatic rings. The monoisotopic (exact) mass is 386 g/mol. The number of nitrogens with two attached hydrogens (primary N) is 1. The van der Waals surface area contributed by atoms with Crippen molar-refractivity contribution < 1.29 is 9.59 Å². The highest BCUT2D eigenvalue weighted by atomic mass is 16.2. The molecule has 154 valence electrons. The Morgan fingerprint density at radius 2 is 1.75 bits per heavy atom. The highest BCUT2D eigenvalue weighted by Crippen LogP contribution is 2.25. The van der Waals surface area contributed by atoms with E-state index in [1.54, 1.807) is 0 Å². The molecule has 1 aromatic carbocycles. The number of primary amides is 1. The van der Waals surface area contributed by atoms with Crippen LogP contribution in [0.25, 0.3) is 0 Å². The van der Waals surface area contributed by atoms with E-state index in [-0.39, 0.29) is 18.4 Å². The molecule has 3 amide bonds. The molecule has 2 fully saturated rings. The van der Waals surface area contributed by atoms with Crippen molar-refractivity contribution >= 4 is 11.9 Å². The van der Waals surface area contributed by atoms with Crippen molar-refractivity contribution in [3.05, 3.63) is 35.9 Å². The average molecular weight is 387 g/mol. The van der Waals surface area contributed by atoms with E-state index in [9.17, 15) is 9.59 Å². The van der Waals surface area contributed by atoms with Crippen molar-refractivity contribution in [1.29, 1.82) is 0 Å². The molecule has 2 heterocycles. The minimum Gasteiger partial charge on any atom is -0.352 e. The van der Waals surface area contributed by atoms with Crippen molar-refractivity contribution in [1.82, 2.24) is 15.1 Å². The molecular formula is C22H34N4O2. The molecule has 1 unspecified atom stereocenters. The van der Waals surface area contributed by atoms with Gasteiger partial charge in [0.05, 0.1) is 12.5 Å². The zero-order valence-electron chi connectivity index (χ0n) is 16.8. The van der Waals surface area contributed by atoms with Gasteiger partial charge in [0.2, 0.25) is 5.91 Å². The lowest BCUT2D eigenvalue weighted by molar-refractivity contribution is -0.133. The van der Waals surface area contributed by atoms with Crippen molar-refractivity contribution in [2.75, 3.05) is 32.7 Å². The molecule has 6 heteroatoms. The SMILES string of the molecule is NC(=O)NC(CC(=O)N1CCC(CCCN2CCCC2)CC1)c1ccccc1. The summed E-state index contributed by atoms with van der Waals surface area (Å²) >= 11 is 0. The van der Waals surface area contributed by atoms with Gasteiger partial charge in [0.1, 0.15) is 0 Å². The second kappa shape index (κ2) is 10.5. The highest BCUT2D eigenvalue weighted by molar-refractivity contribution is 5.79. The first kappa shape index (κ1) is 20.6. The summed E-state index contributed by atoms with van der Waals surface area (Å²) in [5.41, 5.74) is 6.23. The molecule has 2 aliphatic heterocycles. The van der Waals surface area contributed by atoms with Gasteiger partial charge in [-0.1, -0.05) is 30.3 Å². The summed E-state index contributed by atoms with van der Waals surface area (Å²) in [5, 5.41) is 2.72. The molecule has 1 aromatic rings. The summed E-state index contributed by atoms with van der Waals surface area (Å²) < 4.78 is 0. The lowest BCUT2D eigenvalue weighted by Crippen LogP contribution is -2.41. The van der Waals surface area contributed by atoms with Crippen LogP contribution in [0, 0.1) is 5.92 Å². The second-order valence-corrected chi connectivity index (χ2v) is 8.19. The normalized spacial score (nSPS) is 19.5. The fraction of sp³-hybridized carbons (Fsp3) is 0.636. The molecule has 1 atom stereocenters. The first-order valence-electron chi connectivity index (χ1n) is 10.7. The van der Waals surface area contributed by atoms with Crippen molar-refractivity contribution in [2.45, 2.75) is 51.0 Å². The number of benzene rings is 1. The number of carbonyl (C=O) groups excluding carboxylic acids is 2. The third kappa shape index (κ3) is 6.23. The summed E-state index contributed by atoms with van der Waals surface area (Å²) in [7, 11) is 0. The number of urea groups is 1. The third-order valence-electron chi connectivity index (χ3n) is 6.15. The Morgan fingerprint density at radius 1 is 1.07 bits per heavy atom. The van der Waals surface area contributed by atoms with Gasteiger partial charge < -0.3 is 20.9 Å². The summed E-state index contributed by atoms with van der Waals surface area (Å²) in [6.45, 7) is 5.43. The summed E-state index contributed by atoms with van der Waals surface area (Å²) in [6.07, 6.45) is 7.69. The Kier molecular flexibility index (Phi) is 7.71. The number of amides is 3. The molecule has 6 nitrogen and oxygen atoms in total. The topological polar surface area (TPSA) is 78.7 Å². The first-order valence-corrected chi connectivity index (χ1v) is 10.7. The zero-order chi connectivity index (χ0) is 19.8. The van der Waals surface area contributed by atoms with Gasteiger partial charge in [0.25, 0.3) is 0 Å². The number of nitrogens with zero attached hydrogens (tertiary/aromatic N) is 2. The van der Waals surface area contributed by atoms with Crippen molar-refractivity contribution in [2.24, 2.45) is 11.7 Å². The molecule has 0 bridgehead atoms. The molecule has 2 saturated heterocycles. The van der Waals surface area contributed by atoms with E-state index in [1.807, 2.05) is 35.2 Å². The molecule has 0 aromatic heterocycles. The fourth-order valence-corrected chi connectivity index (χ4v) is 4.49. The average Bonchev–Trinajstić information content (AvgIpc) is 3.22. The minimum absolute atomic E-state index is 0.0955. The Hall–Kier alpha value is -2.08. The lowest BCUT2D eigenvalue weighted by atomic mass is 9.91. The van der Waals surface area contributed by atoms with Crippen molar-refractivity contribution in [3.63, 3.8) is 0 Å². The van der Waals surface area contributed by atoms with E-state index in [1.165, 1.54) is 45.3 Å². The number of likely N-dealkylation sites (tertiary alicyclic amines) is 2.